The molecule has 4 heteroatoms. The summed E-state index contributed by atoms with van der Waals surface area (Å²) in [6, 6.07) is 30.8. The van der Waals surface area contributed by atoms with Crippen molar-refractivity contribution in [1.82, 2.24) is 10.6 Å². The Morgan fingerprint density at radius 2 is 1.19 bits per heavy atom. The molecule has 0 aliphatic rings. The van der Waals surface area contributed by atoms with E-state index >= 15 is 0 Å². The summed E-state index contributed by atoms with van der Waals surface area (Å²) in [6.45, 7) is 2.12. The summed E-state index contributed by atoms with van der Waals surface area (Å²) >= 11 is 5.59. The van der Waals surface area contributed by atoms with Gasteiger partial charge in [-0.2, -0.15) is 0 Å². The number of benzene rings is 3. The van der Waals surface area contributed by atoms with Crippen LogP contribution >= 0.6 is 12.2 Å². The fourth-order valence-electron chi connectivity index (χ4n) is 3.24. The molecule has 0 aliphatic carbocycles. The first kappa shape index (κ1) is 19.1. The lowest BCUT2D eigenvalue weighted by atomic mass is 9.77. The summed E-state index contributed by atoms with van der Waals surface area (Å²) in [5.74, 6) is 0. The average molecular weight is 377 g/mol. The molecule has 0 saturated carbocycles. The Hall–Kier alpha value is -2.69. The Balaban J connectivity index is 2.15. The van der Waals surface area contributed by atoms with Gasteiger partial charge in [0, 0.05) is 6.54 Å². The van der Waals surface area contributed by atoms with Crippen LogP contribution in [0.5, 0.6) is 0 Å². The molecule has 3 nitrogen and oxygen atoms in total. The number of rotatable bonds is 6. The molecule has 0 spiro atoms. The van der Waals surface area contributed by atoms with Crippen molar-refractivity contribution in [2.75, 3.05) is 6.54 Å². The van der Waals surface area contributed by atoms with E-state index in [1.54, 1.807) is 6.92 Å². The summed E-state index contributed by atoms with van der Waals surface area (Å²) in [5, 5.41) is 16.8. The second-order valence-electron chi connectivity index (χ2n) is 6.53. The smallest absolute Gasteiger partial charge is 0.167 e. The summed E-state index contributed by atoms with van der Waals surface area (Å²) in [6.07, 6.45) is -0.482. The van der Waals surface area contributed by atoms with Crippen LogP contribution in [0.4, 0.5) is 0 Å². The van der Waals surface area contributed by atoms with Gasteiger partial charge < -0.3 is 15.7 Å². The van der Waals surface area contributed by atoms with E-state index in [1.165, 1.54) is 0 Å². The van der Waals surface area contributed by atoms with Crippen LogP contribution in [0.15, 0.2) is 91.0 Å². The van der Waals surface area contributed by atoms with Crippen LogP contribution in [0, 0.1) is 0 Å². The van der Waals surface area contributed by atoms with E-state index in [4.69, 9.17) is 12.2 Å². The lowest BCUT2D eigenvalue weighted by Gasteiger charge is -2.38. The molecule has 138 valence electrons. The van der Waals surface area contributed by atoms with Crippen molar-refractivity contribution in [1.29, 1.82) is 0 Å². The third kappa shape index (κ3) is 4.35. The monoisotopic (exact) mass is 376 g/mol. The van der Waals surface area contributed by atoms with Gasteiger partial charge in [0.1, 0.15) is 5.54 Å². The fraction of sp³-hybridized carbons (Fsp3) is 0.174. The van der Waals surface area contributed by atoms with Crippen LogP contribution in [-0.2, 0) is 5.54 Å². The molecule has 27 heavy (non-hydrogen) atoms. The van der Waals surface area contributed by atoms with Crippen LogP contribution in [0.2, 0.25) is 0 Å². The predicted octanol–water partition coefficient (Wildman–Crippen LogP) is 3.82. The van der Waals surface area contributed by atoms with Crippen molar-refractivity contribution < 1.29 is 5.11 Å². The molecule has 3 aromatic carbocycles. The van der Waals surface area contributed by atoms with Crippen molar-refractivity contribution in [3.8, 4) is 0 Å². The van der Waals surface area contributed by atoms with Crippen LogP contribution in [0.3, 0.4) is 0 Å². The van der Waals surface area contributed by atoms with Crippen molar-refractivity contribution in [3.05, 3.63) is 108 Å². The zero-order valence-electron chi connectivity index (χ0n) is 15.3. The third-order valence-electron chi connectivity index (χ3n) is 4.48. The lowest BCUT2D eigenvalue weighted by molar-refractivity contribution is 0.197. The van der Waals surface area contributed by atoms with Crippen molar-refractivity contribution in [2.24, 2.45) is 0 Å². The van der Waals surface area contributed by atoms with Crippen molar-refractivity contribution in [2.45, 2.75) is 18.6 Å². The fourth-order valence-corrected chi connectivity index (χ4v) is 3.47. The summed E-state index contributed by atoms with van der Waals surface area (Å²) in [4.78, 5) is 0. The van der Waals surface area contributed by atoms with E-state index in [9.17, 15) is 5.11 Å². The predicted molar refractivity (Wildman–Crippen MR) is 115 cm³/mol. The van der Waals surface area contributed by atoms with Crippen LogP contribution in [0.25, 0.3) is 0 Å². The molecule has 0 aliphatic heterocycles. The Morgan fingerprint density at radius 1 is 0.815 bits per heavy atom. The zero-order valence-corrected chi connectivity index (χ0v) is 16.1. The molecule has 3 aromatic rings. The maximum atomic E-state index is 9.60. The van der Waals surface area contributed by atoms with Crippen LogP contribution < -0.4 is 10.6 Å². The minimum absolute atomic E-state index is 0.389. The molecule has 1 unspecified atom stereocenters. The van der Waals surface area contributed by atoms with Gasteiger partial charge in [-0.05, 0) is 35.8 Å². The molecule has 0 heterocycles. The molecule has 0 bridgehead atoms. The topological polar surface area (TPSA) is 44.3 Å². The van der Waals surface area contributed by atoms with Crippen LogP contribution in [0.1, 0.15) is 23.6 Å². The zero-order chi connectivity index (χ0) is 19.1. The molecule has 0 amide bonds. The third-order valence-corrected chi connectivity index (χ3v) is 4.73. The van der Waals surface area contributed by atoms with Gasteiger partial charge in [-0.15, -0.1) is 0 Å². The Labute approximate surface area is 166 Å². The highest BCUT2D eigenvalue weighted by atomic mass is 32.1. The first-order valence-electron chi connectivity index (χ1n) is 9.03. The van der Waals surface area contributed by atoms with Gasteiger partial charge in [0.25, 0.3) is 0 Å². The maximum Gasteiger partial charge on any atom is 0.167 e. The summed E-state index contributed by atoms with van der Waals surface area (Å²) in [5.41, 5.74) is 2.61. The maximum absolute atomic E-state index is 9.60. The van der Waals surface area contributed by atoms with Gasteiger partial charge in [-0.1, -0.05) is 91.0 Å². The molecular weight excluding hydrogens is 352 g/mol. The van der Waals surface area contributed by atoms with Gasteiger partial charge in [0.05, 0.1) is 6.10 Å². The van der Waals surface area contributed by atoms with Crippen molar-refractivity contribution in [3.63, 3.8) is 0 Å². The van der Waals surface area contributed by atoms with Gasteiger partial charge in [0.2, 0.25) is 0 Å². The first-order chi connectivity index (χ1) is 13.1. The molecule has 3 N–H and O–H groups in total. The summed E-state index contributed by atoms with van der Waals surface area (Å²) < 4.78 is 0. The molecule has 0 saturated heterocycles. The minimum atomic E-state index is -0.646. The molecule has 1 atom stereocenters. The number of hydrogen-bond donors (Lipinski definition) is 3. The second kappa shape index (κ2) is 8.80. The first-order valence-corrected chi connectivity index (χ1v) is 9.44. The van der Waals surface area contributed by atoms with Gasteiger partial charge in [0.15, 0.2) is 5.11 Å². The molecule has 0 fully saturated rings. The number of nitrogens with one attached hydrogen (secondary N) is 2. The van der Waals surface area contributed by atoms with E-state index < -0.39 is 11.6 Å². The Bertz CT molecular complexity index is 755. The summed E-state index contributed by atoms with van der Waals surface area (Å²) in [7, 11) is 0. The molecular formula is C23H24N2OS. The average Bonchev–Trinajstić information content (AvgIpc) is 2.72. The number of thiocarbonyl (C=S) groups is 1. The Morgan fingerprint density at radius 3 is 1.52 bits per heavy atom. The van der Waals surface area contributed by atoms with Gasteiger partial charge in [-0.25, -0.2) is 0 Å². The van der Waals surface area contributed by atoms with E-state index in [2.05, 4.69) is 47.0 Å². The molecule has 3 rings (SSSR count). The molecule has 0 radical (unpaired) electrons. The number of aliphatic hydroxyl groups excluding tert-OH is 1. The van der Waals surface area contributed by atoms with E-state index in [0.717, 1.165) is 16.7 Å². The SMILES string of the molecule is CC(O)CNC(=S)NC(c1ccccc1)(c1ccccc1)c1ccccc1. The van der Waals surface area contributed by atoms with Crippen LogP contribution in [-0.4, -0.2) is 22.9 Å². The standard InChI is InChI=1S/C23H24N2OS/c1-18(26)17-24-22(27)25-23(19-11-5-2-6-12-19,20-13-7-3-8-14-20)21-15-9-4-10-16-21/h2-16,18,26H,17H2,1H3,(H2,24,25,27). The number of hydrogen-bond acceptors (Lipinski definition) is 2. The van der Waals surface area contributed by atoms with E-state index in [1.807, 2.05) is 54.6 Å². The highest BCUT2D eigenvalue weighted by Crippen LogP contribution is 2.36. The molecule has 0 aromatic heterocycles. The van der Waals surface area contributed by atoms with E-state index in [0.29, 0.717) is 11.7 Å². The second-order valence-corrected chi connectivity index (χ2v) is 6.94. The highest BCUT2D eigenvalue weighted by molar-refractivity contribution is 7.80. The largest absolute Gasteiger partial charge is 0.392 e. The quantitative estimate of drug-likeness (QED) is 0.452. The number of aliphatic hydroxyl groups is 1. The normalized spacial score (nSPS) is 12.2. The Kier molecular flexibility index (Phi) is 6.22. The lowest BCUT2D eigenvalue weighted by Crippen LogP contribution is -2.52. The van der Waals surface area contributed by atoms with E-state index in [-0.39, 0.29) is 0 Å². The van der Waals surface area contributed by atoms with Gasteiger partial charge in [-0.3, -0.25) is 0 Å². The minimum Gasteiger partial charge on any atom is -0.392 e. The highest BCUT2D eigenvalue weighted by Gasteiger charge is 2.36. The van der Waals surface area contributed by atoms with Gasteiger partial charge >= 0.3 is 0 Å². The van der Waals surface area contributed by atoms with Crippen molar-refractivity contribution >= 4 is 17.3 Å².